The Labute approximate surface area is 212 Å². The minimum Gasteiger partial charge on any atom is -0.388 e. The average Bonchev–Trinajstić information content (AvgIpc) is 3.34. The summed E-state index contributed by atoms with van der Waals surface area (Å²) in [5, 5.41) is 3.97. The second kappa shape index (κ2) is 17.3. The van der Waals surface area contributed by atoms with Crippen molar-refractivity contribution in [3.63, 3.8) is 0 Å². The molecule has 0 spiro atoms. The van der Waals surface area contributed by atoms with E-state index in [2.05, 4.69) is 77.5 Å². The van der Waals surface area contributed by atoms with Crippen molar-refractivity contribution in [2.75, 3.05) is 58.7 Å². The van der Waals surface area contributed by atoms with Crippen LogP contribution in [0.4, 0.5) is 5.69 Å². The molecule has 34 heavy (non-hydrogen) atoms. The van der Waals surface area contributed by atoms with Crippen molar-refractivity contribution >= 4 is 24.1 Å². The number of rotatable bonds is 5. The highest BCUT2D eigenvalue weighted by molar-refractivity contribution is 6.30. The largest absolute Gasteiger partial charge is 0.388 e. The van der Waals surface area contributed by atoms with E-state index >= 15 is 0 Å². The number of para-hydroxylation sites is 1. The van der Waals surface area contributed by atoms with Crippen LogP contribution in [-0.4, -0.2) is 80.9 Å². The van der Waals surface area contributed by atoms with Crippen molar-refractivity contribution in [2.45, 2.75) is 32.4 Å². The Kier molecular flexibility index (Phi) is 15.2. The number of piperazine rings is 1. The standard InChI is InChI=1S/C16H24ClN3.C9H13N.C2H4.CH2O/c1-18-7-6-16(13-18)20-10-8-19(9-11-20)12-14-2-4-15(17)5-3-14;1-3-8-6-4-5-7-9(8)10-2;2*1-2/h2-5,16H,6-13H2,1H3;4-7,10H,3H2,1-2H3;1-2H2;1H2. The van der Waals surface area contributed by atoms with Crippen LogP contribution in [0.3, 0.4) is 0 Å². The molecule has 4 rings (SSSR count). The number of carbonyl (C=O) groups excluding carboxylic acids is 1. The summed E-state index contributed by atoms with van der Waals surface area (Å²) in [5.41, 5.74) is 3.98. The third-order valence-corrected chi connectivity index (χ3v) is 6.53. The van der Waals surface area contributed by atoms with Gasteiger partial charge in [0.1, 0.15) is 6.79 Å². The summed E-state index contributed by atoms with van der Waals surface area (Å²) in [5.74, 6) is 0. The first-order valence-electron chi connectivity index (χ1n) is 12.0. The highest BCUT2D eigenvalue weighted by atomic mass is 35.5. The van der Waals surface area contributed by atoms with Gasteiger partial charge in [-0.15, -0.1) is 13.2 Å². The molecule has 2 heterocycles. The fraction of sp³-hybridized carbons (Fsp3) is 0.464. The van der Waals surface area contributed by atoms with Crippen LogP contribution in [0.25, 0.3) is 0 Å². The van der Waals surface area contributed by atoms with Crippen molar-refractivity contribution in [3.05, 3.63) is 77.8 Å². The van der Waals surface area contributed by atoms with E-state index in [9.17, 15) is 0 Å². The lowest BCUT2D eigenvalue weighted by Gasteiger charge is -2.38. The molecular weight excluding hydrogens is 444 g/mol. The first-order valence-corrected chi connectivity index (χ1v) is 12.4. The Morgan fingerprint density at radius 3 is 2.09 bits per heavy atom. The Morgan fingerprint density at radius 2 is 1.59 bits per heavy atom. The van der Waals surface area contributed by atoms with Crippen LogP contribution in [0.15, 0.2) is 61.7 Å². The molecule has 2 saturated heterocycles. The predicted octanol–water partition coefficient (Wildman–Crippen LogP) is 5.07. The van der Waals surface area contributed by atoms with Crippen molar-refractivity contribution in [1.82, 2.24) is 14.7 Å². The molecule has 1 atom stereocenters. The molecule has 2 fully saturated rings. The molecule has 2 aliphatic rings. The van der Waals surface area contributed by atoms with Crippen LogP contribution in [0, 0.1) is 0 Å². The number of halogens is 1. The maximum atomic E-state index is 8.00. The number of aryl methyl sites for hydroxylation is 1. The summed E-state index contributed by atoms with van der Waals surface area (Å²) in [4.78, 5) is 15.7. The molecule has 0 aliphatic carbocycles. The van der Waals surface area contributed by atoms with Gasteiger partial charge in [0.15, 0.2) is 0 Å². The predicted molar refractivity (Wildman–Crippen MR) is 148 cm³/mol. The Morgan fingerprint density at radius 1 is 0.971 bits per heavy atom. The number of likely N-dealkylation sites (tertiary alicyclic amines) is 1. The molecule has 0 bridgehead atoms. The highest BCUT2D eigenvalue weighted by Crippen LogP contribution is 2.18. The van der Waals surface area contributed by atoms with E-state index in [-0.39, 0.29) is 0 Å². The molecule has 2 aromatic carbocycles. The molecular formula is C28H43ClN4O. The van der Waals surface area contributed by atoms with E-state index in [0.717, 1.165) is 24.0 Å². The third kappa shape index (κ3) is 9.98. The first kappa shape index (κ1) is 29.9. The molecule has 188 valence electrons. The van der Waals surface area contributed by atoms with Gasteiger partial charge in [0.2, 0.25) is 0 Å². The minimum atomic E-state index is 0.790. The molecule has 2 aliphatic heterocycles. The number of hydrogen-bond acceptors (Lipinski definition) is 5. The van der Waals surface area contributed by atoms with E-state index in [1.54, 1.807) is 0 Å². The molecule has 2 aromatic rings. The normalized spacial score (nSPS) is 18.4. The Hall–Kier alpha value is -2.18. The quantitative estimate of drug-likeness (QED) is 0.597. The van der Waals surface area contributed by atoms with E-state index in [0.29, 0.717) is 0 Å². The van der Waals surface area contributed by atoms with Crippen molar-refractivity contribution < 1.29 is 4.79 Å². The second-order valence-electron chi connectivity index (χ2n) is 8.40. The maximum Gasteiger partial charge on any atom is 0.106 e. The van der Waals surface area contributed by atoms with Gasteiger partial charge >= 0.3 is 0 Å². The number of benzene rings is 2. The van der Waals surface area contributed by atoms with Crippen LogP contribution >= 0.6 is 11.6 Å². The summed E-state index contributed by atoms with van der Waals surface area (Å²) in [7, 11) is 4.19. The molecule has 1 N–H and O–H groups in total. The number of likely N-dealkylation sites (N-methyl/N-ethyl adjacent to an activating group) is 1. The van der Waals surface area contributed by atoms with Crippen LogP contribution in [0.1, 0.15) is 24.5 Å². The van der Waals surface area contributed by atoms with Gasteiger partial charge in [0.05, 0.1) is 0 Å². The van der Waals surface area contributed by atoms with Crippen molar-refractivity contribution in [2.24, 2.45) is 0 Å². The molecule has 1 unspecified atom stereocenters. The SMILES string of the molecule is C=C.C=O.CCc1ccccc1NC.CN1CCC(N2CCN(Cc3ccc(Cl)cc3)CC2)C1. The maximum absolute atomic E-state index is 8.00. The molecule has 0 aromatic heterocycles. The Bertz CT molecular complexity index is 768. The van der Waals surface area contributed by atoms with Crippen LogP contribution in [0.2, 0.25) is 5.02 Å². The summed E-state index contributed by atoms with van der Waals surface area (Å²) in [6, 6.07) is 17.4. The van der Waals surface area contributed by atoms with Gasteiger partial charge in [-0.3, -0.25) is 9.80 Å². The number of carbonyl (C=O) groups is 1. The Balaban J connectivity index is 0.000000349. The third-order valence-electron chi connectivity index (χ3n) is 6.28. The van der Waals surface area contributed by atoms with Gasteiger partial charge in [-0.2, -0.15) is 0 Å². The van der Waals surface area contributed by atoms with Gasteiger partial charge in [-0.25, -0.2) is 0 Å². The van der Waals surface area contributed by atoms with Crippen LogP contribution in [0.5, 0.6) is 0 Å². The zero-order valence-electron chi connectivity index (χ0n) is 21.3. The van der Waals surface area contributed by atoms with Crippen LogP contribution in [-0.2, 0) is 17.8 Å². The number of hydrogen-bond donors (Lipinski definition) is 1. The van der Waals surface area contributed by atoms with Crippen molar-refractivity contribution in [3.8, 4) is 0 Å². The van der Waals surface area contributed by atoms with Crippen LogP contribution < -0.4 is 5.32 Å². The zero-order chi connectivity index (χ0) is 25.3. The van der Waals surface area contributed by atoms with E-state index in [1.165, 1.54) is 62.5 Å². The minimum absolute atomic E-state index is 0.790. The average molecular weight is 487 g/mol. The molecule has 6 heteroatoms. The monoisotopic (exact) mass is 486 g/mol. The summed E-state index contributed by atoms with van der Waals surface area (Å²) < 4.78 is 0. The van der Waals surface area contributed by atoms with Crippen molar-refractivity contribution in [1.29, 1.82) is 0 Å². The fourth-order valence-electron chi connectivity index (χ4n) is 4.42. The molecule has 0 radical (unpaired) electrons. The second-order valence-corrected chi connectivity index (χ2v) is 8.84. The highest BCUT2D eigenvalue weighted by Gasteiger charge is 2.28. The zero-order valence-corrected chi connectivity index (χ0v) is 22.1. The smallest absolute Gasteiger partial charge is 0.106 e. The fourth-order valence-corrected chi connectivity index (χ4v) is 4.54. The first-order chi connectivity index (χ1) is 16.6. The van der Waals surface area contributed by atoms with Gasteiger partial charge in [-0.05, 0) is 55.8 Å². The molecule has 5 nitrogen and oxygen atoms in total. The number of anilines is 1. The summed E-state index contributed by atoms with van der Waals surface area (Å²) in [6.07, 6.45) is 2.44. The summed E-state index contributed by atoms with van der Waals surface area (Å²) >= 11 is 5.93. The van der Waals surface area contributed by atoms with E-state index < -0.39 is 0 Å². The lowest BCUT2D eigenvalue weighted by Crippen LogP contribution is -2.50. The number of nitrogens with one attached hydrogen (secondary N) is 1. The van der Waals surface area contributed by atoms with E-state index in [4.69, 9.17) is 16.4 Å². The van der Waals surface area contributed by atoms with Gasteiger partial charge in [0.25, 0.3) is 0 Å². The van der Waals surface area contributed by atoms with Gasteiger partial charge < -0.3 is 15.0 Å². The van der Waals surface area contributed by atoms with Gasteiger partial charge in [-0.1, -0.05) is 48.9 Å². The lowest BCUT2D eigenvalue weighted by molar-refractivity contribution is -0.0979. The topological polar surface area (TPSA) is 38.8 Å². The van der Waals surface area contributed by atoms with Gasteiger partial charge in [0, 0.05) is 63.1 Å². The number of nitrogens with zero attached hydrogens (tertiary/aromatic N) is 3. The lowest BCUT2D eigenvalue weighted by atomic mass is 10.1. The van der Waals surface area contributed by atoms with E-state index in [1.807, 2.05) is 32.0 Å². The molecule has 0 saturated carbocycles. The molecule has 0 amide bonds. The summed E-state index contributed by atoms with van der Waals surface area (Å²) in [6.45, 7) is 18.5.